The zero-order valence-electron chi connectivity index (χ0n) is 8.90. The first-order chi connectivity index (χ1) is 6.57. The van der Waals surface area contributed by atoms with Crippen molar-refractivity contribution in [3.05, 3.63) is 35.9 Å². The first-order valence-corrected chi connectivity index (χ1v) is 4.51. The van der Waals surface area contributed by atoms with Gasteiger partial charge in [-0.05, 0) is 32.8 Å². The minimum Gasteiger partial charge on any atom is -0.478 e. The topological polar surface area (TPSA) is 40.5 Å². The normalized spacial score (nSPS) is 9.14. The zero-order valence-corrected chi connectivity index (χ0v) is 8.90. The van der Waals surface area contributed by atoms with Crippen molar-refractivity contribution in [2.75, 3.05) is 20.6 Å². The summed E-state index contributed by atoms with van der Waals surface area (Å²) in [4.78, 5) is 12.3. The molecule has 0 saturated carbocycles. The van der Waals surface area contributed by atoms with E-state index in [4.69, 9.17) is 5.11 Å². The van der Waals surface area contributed by atoms with Crippen molar-refractivity contribution >= 4 is 5.97 Å². The van der Waals surface area contributed by atoms with Crippen molar-refractivity contribution < 1.29 is 9.90 Å². The molecule has 0 radical (unpaired) electrons. The van der Waals surface area contributed by atoms with E-state index in [1.54, 1.807) is 30.3 Å². The van der Waals surface area contributed by atoms with Gasteiger partial charge in [-0.1, -0.05) is 25.1 Å². The molecule has 0 saturated heterocycles. The summed E-state index contributed by atoms with van der Waals surface area (Å²) in [5.74, 6) is -0.879. The van der Waals surface area contributed by atoms with E-state index in [0.29, 0.717) is 5.56 Å². The summed E-state index contributed by atoms with van der Waals surface area (Å²) >= 11 is 0. The van der Waals surface area contributed by atoms with Gasteiger partial charge < -0.3 is 10.0 Å². The number of benzene rings is 1. The number of carboxylic acids is 1. The highest BCUT2D eigenvalue weighted by Crippen LogP contribution is 1.96. The molecule has 0 aliphatic carbocycles. The molecule has 0 atom stereocenters. The van der Waals surface area contributed by atoms with Crippen LogP contribution in [0.2, 0.25) is 0 Å². The second-order valence-electron chi connectivity index (χ2n) is 3.07. The molecule has 78 valence electrons. The maximum atomic E-state index is 10.2. The lowest BCUT2D eigenvalue weighted by Crippen LogP contribution is -2.08. The second kappa shape index (κ2) is 7.09. The number of nitrogens with zero attached hydrogens (tertiary/aromatic N) is 1. The number of carboxylic acid groups (broad SMARTS) is 1. The third-order valence-corrected chi connectivity index (χ3v) is 1.65. The number of rotatable bonds is 2. The van der Waals surface area contributed by atoms with Crippen LogP contribution >= 0.6 is 0 Å². The zero-order chi connectivity index (χ0) is 11.0. The minimum atomic E-state index is -0.879. The minimum absolute atomic E-state index is 0.331. The van der Waals surface area contributed by atoms with Crippen LogP contribution < -0.4 is 0 Å². The molecule has 3 heteroatoms. The molecule has 0 spiro atoms. The number of carbonyl (C=O) groups is 1. The monoisotopic (exact) mass is 195 g/mol. The summed E-state index contributed by atoms with van der Waals surface area (Å²) in [7, 11) is 4.11. The first-order valence-electron chi connectivity index (χ1n) is 4.51. The summed E-state index contributed by atoms with van der Waals surface area (Å²) < 4.78 is 0. The molecule has 0 bridgehead atoms. The molecule has 0 unspecified atom stereocenters. The van der Waals surface area contributed by atoms with Crippen molar-refractivity contribution in [3.63, 3.8) is 0 Å². The van der Waals surface area contributed by atoms with Crippen LogP contribution in [0.4, 0.5) is 0 Å². The van der Waals surface area contributed by atoms with Gasteiger partial charge in [-0.25, -0.2) is 4.79 Å². The molecule has 1 aromatic rings. The number of hydrogen-bond acceptors (Lipinski definition) is 2. The molecule has 0 aliphatic rings. The lowest BCUT2D eigenvalue weighted by atomic mass is 10.2. The fourth-order valence-electron chi connectivity index (χ4n) is 0.581. The molecule has 3 nitrogen and oxygen atoms in total. The smallest absolute Gasteiger partial charge is 0.335 e. The van der Waals surface area contributed by atoms with Crippen LogP contribution in [0.25, 0.3) is 0 Å². The van der Waals surface area contributed by atoms with Gasteiger partial charge in [0, 0.05) is 0 Å². The van der Waals surface area contributed by atoms with Gasteiger partial charge in [-0.15, -0.1) is 0 Å². The van der Waals surface area contributed by atoms with Gasteiger partial charge >= 0.3 is 5.97 Å². The Morgan fingerprint density at radius 1 is 1.29 bits per heavy atom. The second-order valence-corrected chi connectivity index (χ2v) is 3.07. The Balaban J connectivity index is 0.000000292. The first kappa shape index (κ1) is 12.7. The van der Waals surface area contributed by atoms with Gasteiger partial charge in [-0.3, -0.25) is 0 Å². The third kappa shape index (κ3) is 6.20. The molecule has 0 fully saturated rings. The molecule has 1 N–H and O–H groups in total. The van der Waals surface area contributed by atoms with E-state index in [1.807, 2.05) is 0 Å². The van der Waals surface area contributed by atoms with Crippen LogP contribution in [0.1, 0.15) is 17.3 Å². The lowest BCUT2D eigenvalue weighted by molar-refractivity contribution is 0.0697. The highest BCUT2D eigenvalue weighted by molar-refractivity contribution is 5.87. The third-order valence-electron chi connectivity index (χ3n) is 1.65. The maximum absolute atomic E-state index is 10.2. The Labute approximate surface area is 85.0 Å². The average Bonchev–Trinajstić information content (AvgIpc) is 2.20. The molecule has 1 aromatic carbocycles. The molecule has 1 rings (SSSR count). The Kier molecular flexibility index (Phi) is 6.41. The fraction of sp³-hybridized carbons (Fsp3) is 0.364. The van der Waals surface area contributed by atoms with E-state index in [1.165, 1.54) is 0 Å². The summed E-state index contributed by atoms with van der Waals surface area (Å²) in [6.07, 6.45) is 0. The summed E-state index contributed by atoms with van der Waals surface area (Å²) in [5, 5.41) is 8.38. The van der Waals surface area contributed by atoms with E-state index in [0.717, 1.165) is 6.54 Å². The van der Waals surface area contributed by atoms with Crippen LogP contribution in [0.15, 0.2) is 30.3 Å². The Bertz CT molecular complexity index is 257. The van der Waals surface area contributed by atoms with Crippen LogP contribution in [0, 0.1) is 0 Å². The van der Waals surface area contributed by atoms with Crippen molar-refractivity contribution in [2.24, 2.45) is 0 Å². The summed E-state index contributed by atoms with van der Waals surface area (Å²) in [6, 6.07) is 8.30. The number of aromatic carboxylic acids is 1. The van der Waals surface area contributed by atoms with Crippen molar-refractivity contribution in [3.8, 4) is 0 Å². The molecule has 14 heavy (non-hydrogen) atoms. The Morgan fingerprint density at radius 3 is 1.93 bits per heavy atom. The molecule has 0 aromatic heterocycles. The largest absolute Gasteiger partial charge is 0.478 e. The van der Waals surface area contributed by atoms with Crippen LogP contribution in [0.5, 0.6) is 0 Å². The van der Waals surface area contributed by atoms with Crippen LogP contribution in [-0.2, 0) is 0 Å². The predicted octanol–water partition coefficient (Wildman–Crippen LogP) is 1.95. The SMILES string of the molecule is CCN(C)C.O=C(O)c1ccccc1. The fourth-order valence-corrected chi connectivity index (χ4v) is 0.581. The van der Waals surface area contributed by atoms with E-state index >= 15 is 0 Å². The predicted molar refractivity (Wildman–Crippen MR) is 57.6 cm³/mol. The van der Waals surface area contributed by atoms with E-state index in [9.17, 15) is 4.79 Å². The highest BCUT2D eigenvalue weighted by atomic mass is 16.4. The standard InChI is InChI=1S/C7H6O2.C4H11N/c8-7(9)6-4-2-1-3-5-6;1-4-5(2)3/h1-5H,(H,8,9);4H2,1-3H3. The maximum Gasteiger partial charge on any atom is 0.335 e. The molecule has 0 amide bonds. The van der Waals surface area contributed by atoms with Gasteiger partial charge in [0.2, 0.25) is 0 Å². The quantitative estimate of drug-likeness (QED) is 0.784. The summed E-state index contributed by atoms with van der Waals surface area (Å²) in [6.45, 7) is 3.26. The Hall–Kier alpha value is -1.35. The van der Waals surface area contributed by atoms with Crippen LogP contribution in [0.3, 0.4) is 0 Å². The number of hydrogen-bond donors (Lipinski definition) is 1. The van der Waals surface area contributed by atoms with Gasteiger partial charge in [0.05, 0.1) is 5.56 Å². The van der Waals surface area contributed by atoms with Gasteiger partial charge in [-0.2, -0.15) is 0 Å². The molecule has 0 heterocycles. The van der Waals surface area contributed by atoms with Crippen LogP contribution in [-0.4, -0.2) is 36.6 Å². The van der Waals surface area contributed by atoms with Crippen molar-refractivity contribution in [1.82, 2.24) is 4.90 Å². The Morgan fingerprint density at radius 2 is 1.71 bits per heavy atom. The van der Waals surface area contributed by atoms with E-state index in [2.05, 4.69) is 25.9 Å². The highest BCUT2D eigenvalue weighted by Gasteiger charge is 1.96. The molecule has 0 aliphatic heterocycles. The molecular weight excluding hydrogens is 178 g/mol. The van der Waals surface area contributed by atoms with Gasteiger partial charge in [0.15, 0.2) is 0 Å². The summed E-state index contributed by atoms with van der Waals surface area (Å²) in [5.41, 5.74) is 0.331. The lowest BCUT2D eigenvalue weighted by Gasteiger charge is -2.00. The van der Waals surface area contributed by atoms with Crippen molar-refractivity contribution in [2.45, 2.75) is 6.92 Å². The molecular formula is C11H17NO2. The van der Waals surface area contributed by atoms with Crippen molar-refractivity contribution in [1.29, 1.82) is 0 Å². The van der Waals surface area contributed by atoms with E-state index < -0.39 is 5.97 Å². The van der Waals surface area contributed by atoms with E-state index in [-0.39, 0.29) is 0 Å². The van der Waals surface area contributed by atoms with Gasteiger partial charge in [0.25, 0.3) is 0 Å². The average molecular weight is 195 g/mol. The van der Waals surface area contributed by atoms with Gasteiger partial charge in [0.1, 0.15) is 0 Å².